The number of hydrogen-bond acceptors (Lipinski definition) is 5. The van der Waals surface area contributed by atoms with E-state index in [2.05, 4.69) is 33.0 Å². The van der Waals surface area contributed by atoms with Crippen LogP contribution in [-0.2, 0) is 19.1 Å². The maximum atomic E-state index is 12.4. The maximum Gasteiger partial charge on any atom is 0.302 e. The zero-order chi connectivity index (χ0) is 24.0. The second-order valence-electron chi connectivity index (χ2n) is 13.3. The Labute approximate surface area is 204 Å². The Balaban J connectivity index is 1.37. The van der Waals surface area contributed by atoms with Crippen molar-refractivity contribution in [1.29, 1.82) is 0 Å². The molecular weight excluding hydrogens is 426 g/mol. The van der Waals surface area contributed by atoms with Gasteiger partial charge in [-0.25, -0.2) is 0 Å². The number of esters is 1. The molecule has 5 fully saturated rings. The smallest absolute Gasteiger partial charge is 0.302 e. The van der Waals surface area contributed by atoms with Crippen molar-refractivity contribution in [3.63, 3.8) is 0 Å². The average molecular weight is 470 g/mol. The van der Waals surface area contributed by atoms with E-state index in [1.807, 2.05) is 6.08 Å². The van der Waals surface area contributed by atoms with Crippen LogP contribution in [0.15, 0.2) is 11.6 Å². The summed E-state index contributed by atoms with van der Waals surface area (Å²) in [6.45, 7) is 12.1. The standard InChI is InChI=1S/C29H43NO4/c1-16-8-11-29(30-15-16)17(2)26-24(34-29)13-23-21-7-6-19-12-20(32)9-10-27(19,4)22(21)14-25(28(23,26)5)33-18(3)31/h12,16-17,21-26,30H,6-11,13-15H2,1-5H3. The summed E-state index contributed by atoms with van der Waals surface area (Å²) in [5.41, 5.74) is 1.14. The minimum absolute atomic E-state index is 0.0585. The predicted molar refractivity (Wildman–Crippen MR) is 130 cm³/mol. The molecule has 2 saturated heterocycles. The van der Waals surface area contributed by atoms with Crippen LogP contribution in [0.2, 0.25) is 0 Å². The molecular formula is C29H43NO4. The first-order valence-electron chi connectivity index (χ1n) is 13.9. The highest BCUT2D eigenvalue weighted by molar-refractivity contribution is 5.91. The lowest BCUT2D eigenvalue weighted by atomic mass is 9.45. The molecule has 5 heteroatoms. The fraction of sp³-hybridized carbons (Fsp3) is 0.862. The predicted octanol–water partition coefficient (Wildman–Crippen LogP) is 5.04. The van der Waals surface area contributed by atoms with E-state index in [4.69, 9.17) is 9.47 Å². The first kappa shape index (κ1) is 23.2. The van der Waals surface area contributed by atoms with Gasteiger partial charge in [-0.3, -0.25) is 14.9 Å². The van der Waals surface area contributed by atoms with Gasteiger partial charge in [-0.15, -0.1) is 0 Å². The van der Waals surface area contributed by atoms with Gasteiger partial charge in [0.15, 0.2) is 5.78 Å². The minimum Gasteiger partial charge on any atom is -0.462 e. The number of ether oxygens (including phenoxy) is 2. The molecule has 0 aromatic rings. The first-order valence-corrected chi connectivity index (χ1v) is 13.9. The van der Waals surface area contributed by atoms with Gasteiger partial charge in [0.2, 0.25) is 0 Å². The van der Waals surface area contributed by atoms with E-state index in [1.54, 1.807) is 6.92 Å². The largest absolute Gasteiger partial charge is 0.462 e. The number of piperidine rings is 1. The van der Waals surface area contributed by atoms with E-state index in [1.165, 1.54) is 12.0 Å². The molecule has 0 radical (unpaired) electrons. The van der Waals surface area contributed by atoms with Gasteiger partial charge in [0.1, 0.15) is 11.8 Å². The third-order valence-electron chi connectivity index (χ3n) is 11.8. The normalized spacial score (nSPS) is 54.0. The second kappa shape index (κ2) is 7.65. The summed E-state index contributed by atoms with van der Waals surface area (Å²) in [6.07, 6.45) is 10.2. The summed E-state index contributed by atoms with van der Waals surface area (Å²) in [4.78, 5) is 24.6. The second-order valence-corrected chi connectivity index (χ2v) is 13.3. The number of allylic oxidation sites excluding steroid dienone is 1. The van der Waals surface area contributed by atoms with Crippen molar-refractivity contribution >= 4 is 11.8 Å². The summed E-state index contributed by atoms with van der Waals surface area (Å²) in [5, 5.41) is 3.83. The van der Waals surface area contributed by atoms with Crippen molar-refractivity contribution in [2.75, 3.05) is 6.54 Å². The molecule has 4 aliphatic carbocycles. The third kappa shape index (κ3) is 3.04. The Morgan fingerprint density at radius 3 is 2.62 bits per heavy atom. The van der Waals surface area contributed by atoms with E-state index in [9.17, 15) is 9.59 Å². The summed E-state index contributed by atoms with van der Waals surface area (Å²) in [5.74, 6) is 3.22. The van der Waals surface area contributed by atoms with Crippen LogP contribution in [-0.4, -0.2) is 36.2 Å². The highest BCUT2D eigenvalue weighted by Gasteiger charge is 2.71. The molecule has 0 amide bonds. The fourth-order valence-corrected chi connectivity index (χ4v) is 10.1. The number of fused-ring (bicyclic) bond motifs is 7. The van der Waals surface area contributed by atoms with Gasteiger partial charge < -0.3 is 9.47 Å². The molecule has 1 spiro atoms. The zero-order valence-electron chi connectivity index (χ0n) is 21.7. The van der Waals surface area contributed by atoms with Crippen LogP contribution >= 0.6 is 0 Å². The van der Waals surface area contributed by atoms with Crippen LogP contribution in [0.3, 0.4) is 0 Å². The van der Waals surface area contributed by atoms with Gasteiger partial charge >= 0.3 is 5.97 Å². The SMILES string of the molecule is CC(=O)OC1CC2C(CCC3=CC(=O)CCC32C)C2CC3OC4(CCC(C)CN4)C(C)C3C12C. The van der Waals surface area contributed by atoms with Crippen LogP contribution in [0.4, 0.5) is 0 Å². The quantitative estimate of drug-likeness (QED) is 0.545. The molecule has 0 aromatic heterocycles. The highest BCUT2D eigenvalue weighted by Crippen LogP contribution is 2.71. The molecule has 5 nitrogen and oxygen atoms in total. The Morgan fingerprint density at radius 2 is 1.91 bits per heavy atom. The van der Waals surface area contributed by atoms with Gasteiger partial charge in [0.25, 0.3) is 0 Å². The Bertz CT molecular complexity index is 919. The van der Waals surface area contributed by atoms with E-state index in [-0.39, 0.29) is 34.7 Å². The number of hydrogen-bond donors (Lipinski definition) is 1. The molecule has 34 heavy (non-hydrogen) atoms. The molecule has 3 saturated carbocycles. The van der Waals surface area contributed by atoms with E-state index < -0.39 is 0 Å². The number of carbonyl (C=O) groups is 2. The van der Waals surface area contributed by atoms with Gasteiger partial charge in [-0.1, -0.05) is 33.3 Å². The van der Waals surface area contributed by atoms with E-state index in [0.29, 0.717) is 47.7 Å². The summed E-state index contributed by atoms with van der Waals surface area (Å²) in [6, 6.07) is 0. The Morgan fingerprint density at radius 1 is 1.12 bits per heavy atom. The molecule has 188 valence electrons. The van der Waals surface area contributed by atoms with Crippen molar-refractivity contribution in [1.82, 2.24) is 5.32 Å². The molecule has 11 atom stereocenters. The van der Waals surface area contributed by atoms with E-state index >= 15 is 0 Å². The molecule has 11 unspecified atom stereocenters. The van der Waals surface area contributed by atoms with Crippen LogP contribution in [0.1, 0.15) is 86.0 Å². The third-order valence-corrected chi connectivity index (χ3v) is 11.8. The van der Waals surface area contributed by atoms with Crippen molar-refractivity contribution in [3.05, 3.63) is 11.6 Å². The monoisotopic (exact) mass is 469 g/mol. The number of ketones is 1. The molecule has 2 heterocycles. The van der Waals surface area contributed by atoms with E-state index in [0.717, 1.165) is 45.1 Å². The van der Waals surface area contributed by atoms with Gasteiger partial charge in [0.05, 0.1) is 6.10 Å². The molecule has 1 N–H and O–H groups in total. The summed E-state index contributed by atoms with van der Waals surface area (Å²) in [7, 11) is 0. The van der Waals surface area contributed by atoms with Crippen LogP contribution in [0.5, 0.6) is 0 Å². The number of rotatable bonds is 1. The lowest BCUT2D eigenvalue weighted by molar-refractivity contribution is -0.183. The molecule has 0 aromatic carbocycles. The maximum absolute atomic E-state index is 12.4. The Kier molecular flexibility index (Phi) is 5.22. The molecule has 0 bridgehead atoms. The summed E-state index contributed by atoms with van der Waals surface area (Å²) >= 11 is 0. The zero-order valence-corrected chi connectivity index (χ0v) is 21.7. The minimum atomic E-state index is -0.217. The van der Waals surface area contributed by atoms with Gasteiger partial charge in [-0.2, -0.15) is 0 Å². The lowest BCUT2D eigenvalue weighted by Crippen LogP contribution is -2.60. The summed E-state index contributed by atoms with van der Waals surface area (Å²) < 4.78 is 13.3. The van der Waals surface area contributed by atoms with Crippen LogP contribution < -0.4 is 5.32 Å². The first-order chi connectivity index (χ1) is 16.1. The molecule has 2 aliphatic heterocycles. The average Bonchev–Trinajstić information content (AvgIpc) is 3.23. The number of nitrogens with one attached hydrogen (secondary N) is 1. The van der Waals surface area contributed by atoms with Crippen LogP contribution in [0, 0.1) is 46.3 Å². The van der Waals surface area contributed by atoms with Crippen molar-refractivity contribution < 1.29 is 19.1 Å². The molecule has 6 aliphatic rings. The lowest BCUT2D eigenvalue weighted by Gasteiger charge is -2.60. The van der Waals surface area contributed by atoms with Crippen LogP contribution in [0.25, 0.3) is 0 Å². The number of carbonyl (C=O) groups excluding carboxylic acids is 2. The highest BCUT2D eigenvalue weighted by atomic mass is 16.5. The Hall–Kier alpha value is -1.20. The van der Waals surface area contributed by atoms with Crippen molar-refractivity contribution in [3.8, 4) is 0 Å². The van der Waals surface area contributed by atoms with Gasteiger partial charge in [0, 0.05) is 37.1 Å². The van der Waals surface area contributed by atoms with Gasteiger partial charge in [-0.05, 0) is 80.1 Å². The van der Waals surface area contributed by atoms with Crippen molar-refractivity contribution in [2.24, 2.45) is 46.3 Å². The van der Waals surface area contributed by atoms with Crippen molar-refractivity contribution in [2.45, 2.75) is 104 Å². The fourth-order valence-electron chi connectivity index (χ4n) is 10.1. The molecule has 6 rings (SSSR count). The topological polar surface area (TPSA) is 64.6 Å².